The van der Waals surface area contributed by atoms with E-state index in [-0.39, 0.29) is 24.0 Å². The zero-order valence-electron chi connectivity index (χ0n) is 17.0. The van der Waals surface area contributed by atoms with Gasteiger partial charge in [0.2, 0.25) is 0 Å². The highest BCUT2D eigenvalue weighted by molar-refractivity contribution is 14.0. The Kier molecular flexibility index (Phi) is 15.0. The first kappa shape index (κ1) is 24.9. The van der Waals surface area contributed by atoms with Gasteiger partial charge in [-0.15, -0.1) is 24.0 Å². The van der Waals surface area contributed by atoms with E-state index in [9.17, 15) is 0 Å². The van der Waals surface area contributed by atoms with Gasteiger partial charge >= 0.3 is 0 Å². The van der Waals surface area contributed by atoms with Crippen LogP contribution in [0.4, 0.5) is 0 Å². The molecule has 0 bridgehead atoms. The summed E-state index contributed by atoms with van der Waals surface area (Å²) in [4.78, 5) is 7.34. The van der Waals surface area contributed by atoms with Crippen molar-refractivity contribution in [2.75, 3.05) is 45.9 Å². The molecule has 2 atom stereocenters. The number of halogens is 1. The summed E-state index contributed by atoms with van der Waals surface area (Å²) >= 11 is 0. The predicted molar refractivity (Wildman–Crippen MR) is 119 cm³/mol. The van der Waals surface area contributed by atoms with Gasteiger partial charge < -0.3 is 20.3 Å². The van der Waals surface area contributed by atoms with Crippen LogP contribution in [0.3, 0.4) is 0 Å². The van der Waals surface area contributed by atoms with Crippen LogP contribution in [0.15, 0.2) is 4.99 Å². The monoisotopic (exact) mass is 468 g/mol. The molecule has 1 aliphatic rings. The zero-order chi connectivity index (χ0) is 17.8. The molecular formula is C19H41IN4O. The van der Waals surface area contributed by atoms with E-state index in [1.165, 1.54) is 32.5 Å². The van der Waals surface area contributed by atoms with E-state index in [2.05, 4.69) is 50.2 Å². The number of likely N-dealkylation sites (tertiary alicyclic amines) is 1. The van der Waals surface area contributed by atoms with Gasteiger partial charge in [-0.2, -0.15) is 0 Å². The topological polar surface area (TPSA) is 48.9 Å². The first-order valence-corrected chi connectivity index (χ1v) is 9.92. The number of rotatable bonds is 11. The fourth-order valence-corrected chi connectivity index (χ4v) is 3.21. The van der Waals surface area contributed by atoms with E-state index in [1.807, 2.05) is 0 Å². The molecule has 0 saturated carbocycles. The van der Waals surface area contributed by atoms with E-state index in [4.69, 9.17) is 9.73 Å². The number of nitrogens with one attached hydrogen (secondary N) is 2. The van der Waals surface area contributed by atoms with Crippen molar-refractivity contribution in [1.82, 2.24) is 15.5 Å². The molecule has 0 radical (unpaired) electrons. The molecular weight excluding hydrogens is 427 g/mol. The molecule has 0 aliphatic carbocycles. The number of aliphatic imine (C=N–C) groups is 1. The van der Waals surface area contributed by atoms with Crippen molar-refractivity contribution in [2.24, 2.45) is 16.8 Å². The second kappa shape index (κ2) is 15.0. The summed E-state index contributed by atoms with van der Waals surface area (Å²) in [7, 11) is 0. The second-order valence-electron chi connectivity index (χ2n) is 7.29. The highest BCUT2D eigenvalue weighted by atomic mass is 127. The summed E-state index contributed by atoms with van der Waals surface area (Å²) in [6, 6.07) is 0. The van der Waals surface area contributed by atoms with Crippen molar-refractivity contribution in [3.8, 4) is 0 Å². The van der Waals surface area contributed by atoms with Gasteiger partial charge in [-0.3, -0.25) is 4.99 Å². The van der Waals surface area contributed by atoms with Crippen molar-refractivity contribution in [2.45, 2.75) is 60.0 Å². The van der Waals surface area contributed by atoms with E-state index in [0.29, 0.717) is 17.9 Å². The fourth-order valence-electron chi connectivity index (χ4n) is 3.21. The largest absolute Gasteiger partial charge is 0.378 e. The van der Waals surface area contributed by atoms with E-state index < -0.39 is 0 Å². The van der Waals surface area contributed by atoms with Gasteiger partial charge in [0.25, 0.3) is 0 Å². The lowest BCUT2D eigenvalue weighted by molar-refractivity contribution is 0.0258. The molecule has 1 aliphatic heterocycles. The molecule has 0 aromatic carbocycles. The summed E-state index contributed by atoms with van der Waals surface area (Å²) in [6.07, 6.45) is 4.05. The van der Waals surface area contributed by atoms with Crippen LogP contribution >= 0.6 is 24.0 Å². The van der Waals surface area contributed by atoms with Crippen LogP contribution in [0.5, 0.6) is 0 Å². The third-order valence-electron chi connectivity index (χ3n) is 4.52. The Labute approximate surface area is 172 Å². The zero-order valence-corrected chi connectivity index (χ0v) is 19.3. The van der Waals surface area contributed by atoms with Crippen LogP contribution in [-0.4, -0.2) is 62.8 Å². The van der Waals surface area contributed by atoms with Crippen LogP contribution in [0.1, 0.15) is 53.9 Å². The van der Waals surface area contributed by atoms with E-state index in [1.54, 1.807) is 0 Å². The molecule has 5 nitrogen and oxygen atoms in total. The van der Waals surface area contributed by atoms with Gasteiger partial charge in [0, 0.05) is 32.8 Å². The van der Waals surface area contributed by atoms with Crippen molar-refractivity contribution in [1.29, 1.82) is 0 Å². The smallest absolute Gasteiger partial charge is 0.191 e. The van der Waals surface area contributed by atoms with Crippen molar-refractivity contribution >= 4 is 29.9 Å². The molecule has 1 fully saturated rings. The van der Waals surface area contributed by atoms with Gasteiger partial charge in [-0.1, -0.05) is 20.8 Å². The quantitative estimate of drug-likeness (QED) is 0.278. The molecule has 1 rings (SSSR count). The number of guanidine groups is 1. The highest BCUT2D eigenvalue weighted by Crippen LogP contribution is 2.11. The normalized spacial score (nSPS) is 18.1. The number of hydrogen-bond acceptors (Lipinski definition) is 3. The molecule has 0 amide bonds. The molecule has 150 valence electrons. The Balaban J connectivity index is 0.00000576. The Bertz CT molecular complexity index is 346. The third kappa shape index (κ3) is 11.3. The maximum Gasteiger partial charge on any atom is 0.191 e. The average molecular weight is 468 g/mol. The molecule has 0 aromatic rings. The maximum absolute atomic E-state index is 5.81. The van der Waals surface area contributed by atoms with Gasteiger partial charge in [0.1, 0.15) is 0 Å². The highest BCUT2D eigenvalue weighted by Gasteiger charge is 2.15. The predicted octanol–water partition coefficient (Wildman–Crippen LogP) is 3.34. The molecule has 6 heteroatoms. The summed E-state index contributed by atoms with van der Waals surface area (Å²) < 4.78 is 5.81. The fraction of sp³-hybridized carbons (Fsp3) is 0.947. The van der Waals surface area contributed by atoms with Gasteiger partial charge in [-0.05, 0) is 58.0 Å². The molecule has 2 N–H and O–H groups in total. The number of ether oxygens (including phenoxy) is 1. The van der Waals surface area contributed by atoms with Crippen LogP contribution in [0.25, 0.3) is 0 Å². The van der Waals surface area contributed by atoms with Crippen molar-refractivity contribution in [3.05, 3.63) is 0 Å². The minimum atomic E-state index is 0. The van der Waals surface area contributed by atoms with Crippen molar-refractivity contribution in [3.63, 3.8) is 0 Å². The maximum atomic E-state index is 5.81. The van der Waals surface area contributed by atoms with Gasteiger partial charge in [0.15, 0.2) is 5.96 Å². The summed E-state index contributed by atoms with van der Waals surface area (Å²) in [5.41, 5.74) is 0. The van der Waals surface area contributed by atoms with E-state index in [0.717, 1.165) is 38.6 Å². The van der Waals surface area contributed by atoms with Crippen LogP contribution in [0.2, 0.25) is 0 Å². The average Bonchev–Trinajstić information content (AvgIpc) is 3.04. The van der Waals surface area contributed by atoms with Gasteiger partial charge in [0.05, 0.1) is 6.10 Å². The summed E-state index contributed by atoms with van der Waals surface area (Å²) in [5, 5.41) is 6.81. The minimum Gasteiger partial charge on any atom is -0.378 e. The standard InChI is InChI=1S/C19H40N4O.HI/c1-6-20-19(21-11-10-18(16(3)4)24-7-2)22-14-17(5)15-23-12-8-9-13-23;/h16-18H,6-15H2,1-5H3,(H2,20,21,22);1H. The Morgan fingerprint density at radius 2 is 1.80 bits per heavy atom. The third-order valence-corrected chi connectivity index (χ3v) is 4.52. The first-order chi connectivity index (χ1) is 11.6. The van der Waals surface area contributed by atoms with Crippen LogP contribution in [-0.2, 0) is 4.74 Å². The summed E-state index contributed by atoms with van der Waals surface area (Å²) in [5.74, 6) is 2.09. The SMILES string of the molecule is CCNC(=NCC(C)CN1CCCC1)NCCC(OCC)C(C)C.I. The Morgan fingerprint density at radius 1 is 1.12 bits per heavy atom. The molecule has 25 heavy (non-hydrogen) atoms. The summed E-state index contributed by atoms with van der Waals surface area (Å²) in [6.45, 7) is 18.1. The van der Waals surface area contributed by atoms with Crippen LogP contribution in [0, 0.1) is 11.8 Å². The molecule has 0 spiro atoms. The lowest BCUT2D eigenvalue weighted by atomic mass is 10.0. The first-order valence-electron chi connectivity index (χ1n) is 9.92. The van der Waals surface area contributed by atoms with Crippen LogP contribution < -0.4 is 10.6 Å². The van der Waals surface area contributed by atoms with Crippen molar-refractivity contribution < 1.29 is 4.74 Å². The lowest BCUT2D eigenvalue weighted by Gasteiger charge is -2.22. The Morgan fingerprint density at radius 3 is 2.36 bits per heavy atom. The van der Waals surface area contributed by atoms with E-state index >= 15 is 0 Å². The Hall–Kier alpha value is -0.0800. The number of nitrogens with zero attached hydrogens (tertiary/aromatic N) is 2. The van der Waals surface area contributed by atoms with Gasteiger partial charge in [-0.25, -0.2) is 0 Å². The molecule has 0 aromatic heterocycles. The lowest BCUT2D eigenvalue weighted by Crippen LogP contribution is -2.40. The molecule has 1 heterocycles. The second-order valence-corrected chi connectivity index (χ2v) is 7.29. The number of hydrogen-bond donors (Lipinski definition) is 2. The minimum absolute atomic E-state index is 0. The molecule has 1 saturated heterocycles. The molecule has 2 unspecified atom stereocenters.